The number of aromatic amines is 1. The van der Waals surface area contributed by atoms with Crippen LogP contribution < -0.4 is 9.62 Å². The summed E-state index contributed by atoms with van der Waals surface area (Å²) in [7, 11) is -2.68. The fourth-order valence-electron chi connectivity index (χ4n) is 2.97. The van der Waals surface area contributed by atoms with Crippen molar-refractivity contribution in [3.05, 3.63) is 83.1 Å². The Morgan fingerprint density at radius 2 is 1.81 bits per heavy atom. The highest BCUT2D eigenvalue weighted by Gasteiger charge is 2.24. The SMILES string of the molecule is CN(c1ccc(F)cc1)S(=O)(=O)c1ccc(Cl)c(C(=O)Nc2nc3ccccc3[nH]2)c1. The van der Waals surface area contributed by atoms with E-state index in [1.165, 1.54) is 37.4 Å². The number of H-pyrrole nitrogens is 1. The topological polar surface area (TPSA) is 95.2 Å². The number of fused-ring (bicyclic) bond motifs is 1. The van der Waals surface area contributed by atoms with Crippen LogP contribution >= 0.6 is 11.6 Å². The maximum atomic E-state index is 13.2. The highest BCUT2D eigenvalue weighted by atomic mass is 35.5. The van der Waals surface area contributed by atoms with Crippen LogP contribution in [0.2, 0.25) is 5.02 Å². The van der Waals surface area contributed by atoms with Crippen molar-refractivity contribution in [1.29, 1.82) is 0 Å². The molecule has 0 atom stereocenters. The summed E-state index contributed by atoms with van der Waals surface area (Å²) in [6, 6.07) is 16.1. The number of nitrogens with one attached hydrogen (secondary N) is 2. The Morgan fingerprint density at radius 1 is 1.10 bits per heavy atom. The van der Waals surface area contributed by atoms with Gasteiger partial charge >= 0.3 is 0 Å². The van der Waals surface area contributed by atoms with E-state index in [0.717, 1.165) is 22.0 Å². The summed E-state index contributed by atoms with van der Waals surface area (Å²) in [4.78, 5) is 19.9. The minimum atomic E-state index is -4.02. The fraction of sp³-hybridized carbons (Fsp3) is 0.0476. The van der Waals surface area contributed by atoms with Gasteiger partial charge in [-0.15, -0.1) is 0 Å². The molecule has 0 aliphatic carbocycles. The lowest BCUT2D eigenvalue weighted by atomic mass is 10.2. The Hall–Kier alpha value is -3.43. The molecule has 31 heavy (non-hydrogen) atoms. The zero-order chi connectivity index (χ0) is 22.2. The van der Waals surface area contributed by atoms with Gasteiger partial charge in [-0.1, -0.05) is 23.7 Å². The second-order valence-corrected chi connectivity index (χ2v) is 9.02. The van der Waals surface area contributed by atoms with Crippen molar-refractivity contribution in [3.63, 3.8) is 0 Å². The average Bonchev–Trinajstić information content (AvgIpc) is 3.16. The zero-order valence-corrected chi connectivity index (χ0v) is 17.7. The number of nitrogens with zero attached hydrogens (tertiary/aromatic N) is 2. The molecule has 158 valence electrons. The van der Waals surface area contributed by atoms with Crippen LogP contribution in [0.3, 0.4) is 0 Å². The first-order chi connectivity index (χ1) is 14.8. The number of carbonyl (C=O) groups is 1. The van der Waals surface area contributed by atoms with Gasteiger partial charge in [0.05, 0.1) is 32.2 Å². The molecule has 0 aliphatic heterocycles. The Labute approximate surface area is 182 Å². The number of anilines is 2. The first-order valence-electron chi connectivity index (χ1n) is 9.06. The third-order valence-electron chi connectivity index (χ3n) is 4.65. The number of para-hydroxylation sites is 2. The monoisotopic (exact) mass is 458 g/mol. The summed E-state index contributed by atoms with van der Waals surface area (Å²) >= 11 is 6.16. The van der Waals surface area contributed by atoms with Crippen molar-refractivity contribution < 1.29 is 17.6 Å². The van der Waals surface area contributed by atoms with Crippen LogP contribution in [0.15, 0.2) is 71.6 Å². The number of carbonyl (C=O) groups excluding carboxylic acids is 1. The zero-order valence-electron chi connectivity index (χ0n) is 16.1. The summed E-state index contributed by atoms with van der Waals surface area (Å²) in [6.07, 6.45) is 0. The van der Waals surface area contributed by atoms with Crippen LogP contribution in [0.25, 0.3) is 11.0 Å². The molecule has 7 nitrogen and oxygen atoms in total. The Kier molecular flexibility index (Phi) is 5.38. The molecular formula is C21H16ClFN4O3S. The van der Waals surface area contributed by atoms with Crippen LogP contribution in [0.4, 0.5) is 16.0 Å². The van der Waals surface area contributed by atoms with Gasteiger partial charge in [-0.05, 0) is 54.6 Å². The molecule has 0 spiro atoms. The third kappa shape index (κ3) is 4.10. The lowest BCUT2D eigenvalue weighted by Gasteiger charge is -2.20. The van der Waals surface area contributed by atoms with E-state index in [-0.39, 0.29) is 27.1 Å². The predicted molar refractivity (Wildman–Crippen MR) is 117 cm³/mol. The van der Waals surface area contributed by atoms with Gasteiger partial charge in [0.2, 0.25) is 5.95 Å². The van der Waals surface area contributed by atoms with Crippen molar-refractivity contribution in [2.75, 3.05) is 16.7 Å². The normalized spacial score (nSPS) is 11.5. The predicted octanol–water partition coefficient (Wildman–Crippen LogP) is 4.43. The van der Waals surface area contributed by atoms with E-state index in [2.05, 4.69) is 15.3 Å². The van der Waals surface area contributed by atoms with E-state index in [1.54, 1.807) is 6.07 Å². The molecule has 2 N–H and O–H groups in total. The van der Waals surface area contributed by atoms with Crippen LogP contribution in [-0.4, -0.2) is 31.3 Å². The number of hydrogen-bond acceptors (Lipinski definition) is 4. The van der Waals surface area contributed by atoms with Crippen molar-refractivity contribution in [1.82, 2.24) is 9.97 Å². The molecule has 10 heteroatoms. The maximum Gasteiger partial charge on any atom is 0.264 e. The second kappa shape index (κ2) is 8.01. The van der Waals surface area contributed by atoms with E-state index in [9.17, 15) is 17.6 Å². The maximum absolute atomic E-state index is 13.2. The number of imidazole rings is 1. The summed E-state index contributed by atoms with van der Waals surface area (Å²) in [5, 5.41) is 2.67. The van der Waals surface area contributed by atoms with E-state index >= 15 is 0 Å². The third-order valence-corrected chi connectivity index (χ3v) is 6.76. The van der Waals surface area contributed by atoms with Crippen molar-refractivity contribution in [2.45, 2.75) is 4.90 Å². The molecule has 4 aromatic rings. The molecule has 0 unspecified atom stereocenters. The van der Waals surface area contributed by atoms with Crippen LogP contribution in [0.1, 0.15) is 10.4 Å². The highest BCUT2D eigenvalue weighted by molar-refractivity contribution is 7.92. The number of amides is 1. The van der Waals surface area contributed by atoms with E-state index in [4.69, 9.17) is 11.6 Å². The van der Waals surface area contributed by atoms with Gasteiger partial charge in [0.1, 0.15) is 5.82 Å². The van der Waals surface area contributed by atoms with Gasteiger partial charge in [0.25, 0.3) is 15.9 Å². The second-order valence-electron chi connectivity index (χ2n) is 6.65. The molecule has 1 heterocycles. The molecule has 3 aromatic carbocycles. The molecule has 0 saturated carbocycles. The lowest BCUT2D eigenvalue weighted by Crippen LogP contribution is -2.27. The summed E-state index contributed by atoms with van der Waals surface area (Å²) in [5.41, 5.74) is 1.64. The van der Waals surface area contributed by atoms with E-state index in [1.807, 2.05) is 18.2 Å². The minimum absolute atomic E-state index is 0.0318. The molecule has 1 amide bonds. The molecule has 0 radical (unpaired) electrons. The van der Waals surface area contributed by atoms with Gasteiger partial charge in [0, 0.05) is 7.05 Å². The number of sulfonamides is 1. The standard InChI is InChI=1S/C21H16ClFN4O3S/c1-27(14-8-6-13(23)7-9-14)31(29,30)15-10-11-17(22)16(12-15)20(28)26-21-24-18-4-2-3-5-19(18)25-21/h2-12H,1H3,(H2,24,25,26,28). The smallest absolute Gasteiger partial charge is 0.264 e. The molecule has 0 aliphatic rings. The van der Waals surface area contributed by atoms with Gasteiger partial charge < -0.3 is 4.98 Å². The molecular weight excluding hydrogens is 443 g/mol. The largest absolute Gasteiger partial charge is 0.324 e. The van der Waals surface area contributed by atoms with E-state index in [0.29, 0.717) is 5.52 Å². The fourth-order valence-corrected chi connectivity index (χ4v) is 4.40. The van der Waals surface area contributed by atoms with Crippen LogP contribution in [-0.2, 0) is 10.0 Å². The highest BCUT2D eigenvalue weighted by Crippen LogP contribution is 2.26. The minimum Gasteiger partial charge on any atom is -0.324 e. The molecule has 1 aromatic heterocycles. The van der Waals surface area contributed by atoms with Crippen molar-refractivity contribution >= 4 is 50.2 Å². The number of rotatable bonds is 5. The Balaban J connectivity index is 1.64. The number of hydrogen-bond donors (Lipinski definition) is 2. The Morgan fingerprint density at radius 3 is 2.52 bits per heavy atom. The Bertz CT molecular complexity index is 1350. The van der Waals surface area contributed by atoms with Crippen LogP contribution in [0, 0.1) is 5.82 Å². The number of aromatic nitrogens is 2. The lowest BCUT2D eigenvalue weighted by molar-refractivity contribution is 0.102. The first kappa shape index (κ1) is 20.8. The molecule has 0 fully saturated rings. The number of halogens is 2. The summed E-state index contributed by atoms with van der Waals surface area (Å²) < 4.78 is 40.2. The van der Waals surface area contributed by atoms with Gasteiger partial charge in [-0.3, -0.25) is 14.4 Å². The van der Waals surface area contributed by atoms with E-state index < -0.39 is 21.7 Å². The van der Waals surface area contributed by atoms with Crippen molar-refractivity contribution in [3.8, 4) is 0 Å². The summed E-state index contributed by atoms with van der Waals surface area (Å²) in [5.74, 6) is -0.893. The molecule has 0 bridgehead atoms. The molecule has 4 rings (SSSR count). The van der Waals surface area contributed by atoms with Gasteiger partial charge in [0.15, 0.2) is 0 Å². The molecule has 0 saturated heterocycles. The first-order valence-corrected chi connectivity index (χ1v) is 10.9. The average molecular weight is 459 g/mol. The van der Waals surface area contributed by atoms with Gasteiger partial charge in [-0.2, -0.15) is 0 Å². The quantitative estimate of drug-likeness (QED) is 0.462. The van der Waals surface area contributed by atoms with Crippen molar-refractivity contribution in [2.24, 2.45) is 0 Å². The van der Waals surface area contributed by atoms with Gasteiger partial charge in [-0.25, -0.2) is 17.8 Å². The number of benzene rings is 3. The summed E-state index contributed by atoms with van der Waals surface area (Å²) in [6.45, 7) is 0. The van der Waals surface area contributed by atoms with Crippen LogP contribution in [0.5, 0.6) is 0 Å².